The SMILES string of the molecule is CCOc1ccc(-c2nc(C(=O)NC3CCN(C(=O)c4ccoc4)CC3)cs2)cc1. The Balaban J connectivity index is 1.31. The number of ether oxygens (including phenoxy) is 1. The number of amides is 2. The van der Waals surface area contributed by atoms with Crippen LogP contribution in [0.5, 0.6) is 5.75 Å². The van der Waals surface area contributed by atoms with E-state index in [1.54, 1.807) is 16.3 Å². The number of hydrogen-bond donors (Lipinski definition) is 1. The maximum Gasteiger partial charge on any atom is 0.270 e. The fourth-order valence-corrected chi connectivity index (χ4v) is 4.23. The zero-order valence-electron chi connectivity index (χ0n) is 16.7. The van der Waals surface area contributed by atoms with E-state index in [-0.39, 0.29) is 17.9 Å². The highest BCUT2D eigenvalue weighted by atomic mass is 32.1. The smallest absolute Gasteiger partial charge is 0.270 e. The summed E-state index contributed by atoms with van der Waals surface area (Å²) in [5, 5.41) is 5.62. The number of benzene rings is 1. The molecule has 0 radical (unpaired) electrons. The third kappa shape index (κ3) is 4.54. The van der Waals surface area contributed by atoms with Crippen LogP contribution in [0.15, 0.2) is 52.7 Å². The molecule has 0 spiro atoms. The Bertz CT molecular complexity index is 990. The molecule has 156 valence electrons. The van der Waals surface area contributed by atoms with E-state index in [0.717, 1.165) is 16.3 Å². The molecule has 3 heterocycles. The van der Waals surface area contributed by atoms with E-state index in [1.165, 1.54) is 23.9 Å². The molecule has 0 aliphatic carbocycles. The first-order valence-electron chi connectivity index (χ1n) is 9.95. The summed E-state index contributed by atoms with van der Waals surface area (Å²) in [6.07, 6.45) is 4.38. The number of thiazole rings is 1. The van der Waals surface area contributed by atoms with Crippen LogP contribution in [0.2, 0.25) is 0 Å². The Hall–Kier alpha value is -3.13. The van der Waals surface area contributed by atoms with E-state index in [4.69, 9.17) is 9.15 Å². The third-order valence-electron chi connectivity index (χ3n) is 5.03. The number of nitrogens with one attached hydrogen (secondary N) is 1. The molecule has 0 atom stereocenters. The molecule has 1 aromatic carbocycles. The van der Waals surface area contributed by atoms with E-state index in [0.29, 0.717) is 43.8 Å². The normalized spacial score (nSPS) is 14.5. The zero-order valence-corrected chi connectivity index (χ0v) is 17.5. The average Bonchev–Trinajstić information content (AvgIpc) is 3.47. The minimum atomic E-state index is -0.178. The fraction of sp³-hybridized carbons (Fsp3) is 0.318. The molecular weight excluding hydrogens is 402 g/mol. The van der Waals surface area contributed by atoms with Gasteiger partial charge in [-0.15, -0.1) is 11.3 Å². The van der Waals surface area contributed by atoms with Crippen molar-refractivity contribution in [2.75, 3.05) is 19.7 Å². The predicted molar refractivity (Wildman–Crippen MR) is 114 cm³/mol. The Labute approximate surface area is 178 Å². The second-order valence-electron chi connectivity index (χ2n) is 7.05. The lowest BCUT2D eigenvalue weighted by molar-refractivity contribution is 0.0697. The quantitative estimate of drug-likeness (QED) is 0.649. The van der Waals surface area contributed by atoms with Crippen molar-refractivity contribution >= 4 is 23.2 Å². The summed E-state index contributed by atoms with van der Waals surface area (Å²) in [5.41, 5.74) is 1.93. The van der Waals surface area contributed by atoms with Crippen LogP contribution in [-0.4, -0.2) is 47.4 Å². The molecule has 2 amide bonds. The molecule has 1 saturated heterocycles. The van der Waals surface area contributed by atoms with Crippen molar-refractivity contribution in [3.63, 3.8) is 0 Å². The largest absolute Gasteiger partial charge is 0.494 e. The van der Waals surface area contributed by atoms with Crippen LogP contribution in [0, 0.1) is 0 Å². The van der Waals surface area contributed by atoms with Gasteiger partial charge >= 0.3 is 0 Å². The molecule has 30 heavy (non-hydrogen) atoms. The highest BCUT2D eigenvalue weighted by Gasteiger charge is 2.26. The van der Waals surface area contributed by atoms with Gasteiger partial charge in [-0.05, 0) is 50.1 Å². The van der Waals surface area contributed by atoms with Crippen LogP contribution in [0.25, 0.3) is 10.6 Å². The van der Waals surface area contributed by atoms with Crippen LogP contribution < -0.4 is 10.1 Å². The number of piperidine rings is 1. The summed E-state index contributed by atoms with van der Waals surface area (Å²) >= 11 is 1.44. The summed E-state index contributed by atoms with van der Waals surface area (Å²) in [4.78, 5) is 31.3. The van der Waals surface area contributed by atoms with Gasteiger partial charge in [0.1, 0.15) is 22.7 Å². The molecule has 3 aromatic rings. The van der Waals surface area contributed by atoms with Gasteiger partial charge in [-0.25, -0.2) is 4.98 Å². The number of furan rings is 1. The summed E-state index contributed by atoms with van der Waals surface area (Å²) in [7, 11) is 0. The van der Waals surface area contributed by atoms with Gasteiger partial charge in [-0.3, -0.25) is 9.59 Å². The van der Waals surface area contributed by atoms with Crippen LogP contribution in [0.3, 0.4) is 0 Å². The fourth-order valence-electron chi connectivity index (χ4n) is 3.43. The van der Waals surface area contributed by atoms with Crippen molar-refractivity contribution < 1.29 is 18.7 Å². The Kier molecular flexibility index (Phi) is 6.13. The van der Waals surface area contributed by atoms with Crippen molar-refractivity contribution in [3.8, 4) is 16.3 Å². The first-order chi connectivity index (χ1) is 14.6. The maximum atomic E-state index is 12.6. The van der Waals surface area contributed by atoms with E-state index >= 15 is 0 Å². The summed E-state index contributed by atoms with van der Waals surface area (Å²) in [6.45, 7) is 3.77. The molecule has 4 rings (SSSR count). The molecule has 0 unspecified atom stereocenters. The van der Waals surface area contributed by atoms with Crippen LogP contribution >= 0.6 is 11.3 Å². The molecule has 0 bridgehead atoms. The number of hydrogen-bond acceptors (Lipinski definition) is 6. The van der Waals surface area contributed by atoms with E-state index in [1.807, 2.05) is 31.2 Å². The van der Waals surface area contributed by atoms with Gasteiger partial charge in [0.2, 0.25) is 0 Å². The molecule has 1 fully saturated rings. The van der Waals surface area contributed by atoms with Gasteiger partial charge in [0.15, 0.2) is 0 Å². The topological polar surface area (TPSA) is 84.7 Å². The second-order valence-corrected chi connectivity index (χ2v) is 7.91. The van der Waals surface area contributed by atoms with Crippen LogP contribution in [0.4, 0.5) is 0 Å². The summed E-state index contributed by atoms with van der Waals surface area (Å²) < 4.78 is 10.4. The van der Waals surface area contributed by atoms with Crippen molar-refractivity contribution in [1.29, 1.82) is 0 Å². The van der Waals surface area contributed by atoms with Crippen molar-refractivity contribution in [3.05, 3.63) is 59.5 Å². The van der Waals surface area contributed by atoms with Gasteiger partial charge in [-0.2, -0.15) is 0 Å². The molecular formula is C22H23N3O4S. The van der Waals surface area contributed by atoms with Crippen molar-refractivity contribution in [2.45, 2.75) is 25.8 Å². The number of aromatic nitrogens is 1. The highest BCUT2D eigenvalue weighted by molar-refractivity contribution is 7.13. The van der Waals surface area contributed by atoms with Crippen molar-refractivity contribution in [1.82, 2.24) is 15.2 Å². The van der Waals surface area contributed by atoms with Gasteiger partial charge in [0, 0.05) is 30.1 Å². The highest BCUT2D eigenvalue weighted by Crippen LogP contribution is 2.26. The molecule has 0 saturated carbocycles. The predicted octanol–water partition coefficient (Wildman–Crippen LogP) is 3.84. The lowest BCUT2D eigenvalue weighted by Crippen LogP contribution is -2.46. The summed E-state index contributed by atoms with van der Waals surface area (Å²) in [6, 6.07) is 9.38. The van der Waals surface area contributed by atoms with Crippen LogP contribution in [-0.2, 0) is 0 Å². The second kappa shape index (κ2) is 9.13. The van der Waals surface area contributed by atoms with Gasteiger partial charge < -0.3 is 19.4 Å². The number of carbonyl (C=O) groups excluding carboxylic acids is 2. The number of likely N-dealkylation sites (tertiary alicyclic amines) is 1. The van der Waals surface area contributed by atoms with Gasteiger partial charge in [0.05, 0.1) is 18.4 Å². The van der Waals surface area contributed by atoms with E-state index < -0.39 is 0 Å². The Morgan fingerprint density at radius 1 is 1.23 bits per heavy atom. The Morgan fingerprint density at radius 3 is 2.67 bits per heavy atom. The molecule has 1 N–H and O–H groups in total. The first kappa shape index (κ1) is 20.2. The lowest BCUT2D eigenvalue weighted by Gasteiger charge is -2.32. The van der Waals surface area contributed by atoms with Crippen molar-refractivity contribution in [2.24, 2.45) is 0 Å². The van der Waals surface area contributed by atoms with Gasteiger partial charge in [0.25, 0.3) is 11.8 Å². The number of nitrogens with zero attached hydrogens (tertiary/aromatic N) is 2. The first-order valence-corrected chi connectivity index (χ1v) is 10.8. The lowest BCUT2D eigenvalue weighted by atomic mass is 10.0. The number of rotatable bonds is 6. The molecule has 1 aliphatic rings. The minimum Gasteiger partial charge on any atom is -0.494 e. The Morgan fingerprint density at radius 2 is 2.00 bits per heavy atom. The average molecular weight is 426 g/mol. The maximum absolute atomic E-state index is 12.6. The summed E-state index contributed by atoms with van der Waals surface area (Å²) in [5.74, 6) is 0.601. The third-order valence-corrected chi connectivity index (χ3v) is 5.93. The number of carbonyl (C=O) groups is 2. The molecule has 2 aromatic heterocycles. The zero-order chi connectivity index (χ0) is 20.9. The van der Waals surface area contributed by atoms with Gasteiger partial charge in [-0.1, -0.05) is 0 Å². The molecule has 7 nitrogen and oxygen atoms in total. The standard InChI is InChI=1S/C22H23N3O4S/c1-2-29-18-5-3-15(4-6-18)21-24-19(14-30-21)20(26)23-17-7-10-25(11-8-17)22(27)16-9-12-28-13-16/h3-6,9,12-14,17H,2,7-8,10-11H2,1H3,(H,23,26). The van der Waals surface area contributed by atoms with E-state index in [9.17, 15) is 9.59 Å². The molecule has 8 heteroatoms. The monoisotopic (exact) mass is 425 g/mol. The van der Waals surface area contributed by atoms with Crippen LogP contribution in [0.1, 0.15) is 40.6 Å². The minimum absolute atomic E-state index is 0.0292. The molecule has 1 aliphatic heterocycles. The van der Waals surface area contributed by atoms with E-state index in [2.05, 4.69) is 10.3 Å².